The first-order chi connectivity index (χ1) is 6.19. The van der Waals surface area contributed by atoms with E-state index in [-0.39, 0.29) is 18.6 Å². The average molecular weight is 186 g/mol. The lowest BCUT2D eigenvalue weighted by atomic mass is 9.87. The maximum absolute atomic E-state index is 9.13. The number of hydrogen-bond acceptors (Lipinski definition) is 3. The Balaban J connectivity index is 2.41. The SMILES string of the molecule is CCC(CO)C(N)C1CCN(C)C1. The molecule has 1 rings (SSSR count). The number of nitrogens with two attached hydrogens (primary N) is 1. The van der Waals surface area contributed by atoms with Crippen LogP contribution in [0.3, 0.4) is 0 Å². The summed E-state index contributed by atoms with van der Waals surface area (Å²) >= 11 is 0. The van der Waals surface area contributed by atoms with Gasteiger partial charge in [0.1, 0.15) is 0 Å². The topological polar surface area (TPSA) is 49.5 Å². The molecule has 1 heterocycles. The molecule has 1 saturated heterocycles. The molecule has 3 atom stereocenters. The quantitative estimate of drug-likeness (QED) is 0.663. The Morgan fingerprint density at radius 2 is 2.31 bits per heavy atom. The molecule has 1 fully saturated rings. The molecule has 0 spiro atoms. The lowest BCUT2D eigenvalue weighted by molar-refractivity contribution is 0.174. The molecule has 3 nitrogen and oxygen atoms in total. The fourth-order valence-electron chi connectivity index (χ4n) is 2.19. The monoisotopic (exact) mass is 186 g/mol. The number of rotatable bonds is 4. The minimum absolute atomic E-state index is 0.181. The normalized spacial score (nSPS) is 29.1. The molecular formula is C10H22N2O. The highest BCUT2D eigenvalue weighted by atomic mass is 16.3. The van der Waals surface area contributed by atoms with Crippen LogP contribution in [-0.2, 0) is 0 Å². The van der Waals surface area contributed by atoms with Gasteiger partial charge in [-0.2, -0.15) is 0 Å². The first-order valence-corrected chi connectivity index (χ1v) is 5.24. The second-order valence-corrected chi connectivity index (χ2v) is 4.24. The Bertz CT molecular complexity index is 148. The fourth-order valence-corrected chi connectivity index (χ4v) is 2.19. The van der Waals surface area contributed by atoms with Crippen molar-refractivity contribution in [3.8, 4) is 0 Å². The first-order valence-electron chi connectivity index (χ1n) is 5.24. The van der Waals surface area contributed by atoms with Gasteiger partial charge in [-0.1, -0.05) is 6.92 Å². The Morgan fingerprint density at radius 3 is 2.69 bits per heavy atom. The van der Waals surface area contributed by atoms with Crippen molar-refractivity contribution in [1.29, 1.82) is 0 Å². The molecule has 3 N–H and O–H groups in total. The number of nitrogens with zero attached hydrogens (tertiary/aromatic N) is 1. The van der Waals surface area contributed by atoms with E-state index in [0.717, 1.165) is 19.5 Å². The van der Waals surface area contributed by atoms with E-state index in [9.17, 15) is 0 Å². The van der Waals surface area contributed by atoms with Crippen molar-refractivity contribution in [2.45, 2.75) is 25.8 Å². The predicted molar refractivity (Wildman–Crippen MR) is 54.4 cm³/mol. The lowest BCUT2D eigenvalue weighted by Gasteiger charge is -2.26. The molecule has 0 aromatic heterocycles. The summed E-state index contributed by atoms with van der Waals surface area (Å²) in [5.74, 6) is 0.874. The van der Waals surface area contributed by atoms with E-state index in [1.165, 1.54) is 6.42 Å². The zero-order chi connectivity index (χ0) is 9.84. The molecule has 0 aliphatic carbocycles. The van der Waals surface area contributed by atoms with Crippen molar-refractivity contribution in [2.24, 2.45) is 17.6 Å². The zero-order valence-electron chi connectivity index (χ0n) is 8.74. The molecule has 1 aliphatic rings. The largest absolute Gasteiger partial charge is 0.396 e. The van der Waals surface area contributed by atoms with Gasteiger partial charge < -0.3 is 15.7 Å². The maximum Gasteiger partial charge on any atom is 0.0474 e. The summed E-state index contributed by atoms with van der Waals surface area (Å²) in [4.78, 5) is 2.31. The third-order valence-corrected chi connectivity index (χ3v) is 3.28. The van der Waals surface area contributed by atoms with E-state index >= 15 is 0 Å². The maximum atomic E-state index is 9.13. The van der Waals surface area contributed by atoms with Crippen molar-refractivity contribution in [3.05, 3.63) is 0 Å². The van der Waals surface area contributed by atoms with Gasteiger partial charge >= 0.3 is 0 Å². The van der Waals surface area contributed by atoms with Crippen LogP contribution in [0.2, 0.25) is 0 Å². The van der Waals surface area contributed by atoms with Crippen LogP contribution in [0, 0.1) is 11.8 Å². The fraction of sp³-hybridized carbons (Fsp3) is 1.00. The molecule has 0 saturated carbocycles. The summed E-state index contributed by atoms with van der Waals surface area (Å²) in [6.45, 7) is 4.58. The zero-order valence-corrected chi connectivity index (χ0v) is 8.74. The van der Waals surface area contributed by atoms with Gasteiger partial charge in [0.2, 0.25) is 0 Å². The van der Waals surface area contributed by atoms with Crippen molar-refractivity contribution in [1.82, 2.24) is 4.90 Å². The molecule has 1 aliphatic heterocycles. The molecule has 3 heteroatoms. The van der Waals surface area contributed by atoms with Gasteiger partial charge in [0.15, 0.2) is 0 Å². The van der Waals surface area contributed by atoms with Crippen LogP contribution in [0.15, 0.2) is 0 Å². The van der Waals surface area contributed by atoms with Gasteiger partial charge in [-0.3, -0.25) is 0 Å². The van der Waals surface area contributed by atoms with Crippen LogP contribution < -0.4 is 5.73 Å². The Labute approximate surface area is 80.9 Å². The Morgan fingerprint density at radius 1 is 1.62 bits per heavy atom. The second-order valence-electron chi connectivity index (χ2n) is 4.24. The smallest absolute Gasteiger partial charge is 0.0474 e. The summed E-state index contributed by atoms with van der Waals surface area (Å²) in [6.07, 6.45) is 2.17. The van der Waals surface area contributed by atoms with Crippen LogP contribution >= 0.6 is 0 Å². The Hall–Kier alpha value is -0.120. The molecule has 0 amide bonds. The molecule has 0 aromatic carbocycles. The van der Waals surface area contributed by atoms with E-state index in [1.807, 2.05) is 0 Å². The lowest BCUT2D eigenvalue weighted by Crippen LogP contribution is -2.40. The van der Waals surface area contributed by atoms with Gasteiger partial charge in [-0.25, -0.2) is 0 Å². The first kappa shape index (κ1) is 11.0. The van der Waals surface area contributed by atoms with Crippen molar-refractivity contribution < 1.29 is 5.11 Å². The number of aliphatic hydroxyl groups excluding tert-OH is 1. The molecule has 0 bridgehead atoms. The van der Waals surface area contributed by atoms with Crippen molar-refractivity contribution in [2.75, 3.05) is 26.7 Å². The van der Waals surface area contributed by atoms with Gasteiger partial charge in [0.05, 0.1) is 0 Å². The number of likely N-dealkylation sites (tertiary alicyclic amines) is 1. The van der Waals surface area contributed by atoms with Crippen LogP contribution in [0.1, 0.15) is 19.8 Å². The van der Waals surface area contributed by atoms with E-state index in [2.05, 4.69) is 18.9 Å². The van der Waals surface area contributed by atoms with Gasteiger partial charge in [-0.15, -0.1) is 0 Å². The third kappa shape index (κ3) is 2.66. The highest BCUT2D eigenvalue weighted by Gasteiger charge is 2.29. The van der Waals surface area contributed by atoms with Crippen LogP contribution in [0.25, 0.3) is 0 Å². The molecule has 0 aromatic rings. The number of aliphatic hydroxyl groups is 1. The summed E-state index contributed by atoms with van der Waals surface area (Å²) in [5, 5.41) is 9.13. The molecule has 13 heavy (non-hydrogen) atoms. The Kier molecular flexibility index (Phi) is 4.16. The number of hydrogen-bond donors (Lipinski definition) is 2. The third-order valence-electron chi connectivity index (χ3n) is 3.28. The summed E-state index contributed by atoms with van der Waals surface area (Å²) in [7, 11) is 2.13. The standard InChI is InChI=1S/C10H22N2O/c1-3-8(7-13)10(11)9-4-5-12(2)6-9/h8-10,13H,3-7,11H2,1-2H3. The van der Waals surface area contributed by atoms with E-state index in [1.54, 1.807) is 0 Å². The van der Waals surface area contributed by atoms with Crippen LogP contribution in [0.5, 0.6) is 0 Å². The highest BCUT2D eigenvalue weighted by molar-refractivity contribution is 4.85. The van der Waals surface area contributed by atoms with Gasteiger partial charge in [0, 0.05) is 19.2 Å². The summed E-state index contributed by atoms with van der Waals surface area (Å²) < 4.78 is 0. The summed E-state index contributed by atoms with van der Waals surface area (Å²) in [5.41, 5.74) is 6.12. The van der Waals surface area contributed by atoms with E-state index in [4.69, 9.17) is 10.8 Å². The predicted octanol–water partition coefficient (Wildman–Crippen LogP) is 0.284. The summed E-state index contributed by atoms with van der Waals surface area (Å²) in [6, 6.07) is 0.181. The van der Waals surface area contributed by atoms with Crippen molar-refractivity contribution >= 4 is 0 Å². The molecule has 0 radical (unpaired) electrons. The van der Waals surface area contributed by atoms with E-state index < -0.39 is 0 Å². The minimum atomic E-state index is 0.181. The van der Waals surface area contributed by atoms with Gasteiger partial charge in [0.25, 0.3) is 0 Å². The van der Waals surface area contributed by atoms with Gasteiger partial charge in [-0.05, 0) is 38.3 Å². The molecular weight excluding hydrogens is 164 g/mol. The van der Waals surface area contributed by atoms with Crippen LogP contribution in [0.4, 0.5) is 0 Å². The van der Waals surface area contributed by atoms with Crippen molar-refractivity contribution in [3.63, 3.8) is 0 Å². The molecule has 3 unspecified atom stereocenters. The van der Waals surface area contributed by atoms with E-state index in [0.29, 0.717) is 5.92 Å². The van der Waals surface area contributed by atoms with Crippen LogP contribution in [-0.4, -0.2) is 42.8 Å². The molecule has 78 valence electrons. The minimum Gasteiger partial charge on any atom is -0.396 e. The second kappa shape index (κ2) is 4.94. The highest BCUT2D eigenvalue weighted by Crippen LogP contribution is 2.22. The average Bonchev–Trinajstić information content (AvgIpc) is 2.54.